The van der Waals surface area contributed by atoms with Crippen molar-refractivity contribution in [1.29, 1.82) is 0 Å². The van der Waals surface area contributed by atoms with E-state index in [9.17, 15) is 9.59 Å². The molecule has 1 amide bonds. The number of amides is 1. The Bertz CT molecular complexity index is 259. The molecule has 0 saturated heterocycles. The second-order valence-electron chi connectivity index (χ2n) is 3.69. The van der Waals surface area contributed by atoms with Crippen LogP contribution in [0.4, 0.5) is 0 Å². The monoisotopic (exact) mass is 281 g/mol. The number of carbonyl (C=O) groups is 2. The highest BCUT2D eigenvalue weighted by molar-refractivity contribution is 7.94. The summed E-state index contributed by atoms with van der Waals surface area (Å²) in [6.45, 7) is 3.92. The Morgan fingerprint density at radius 1 is 1.47 bits per heavy atom. The number of esters is 1. The van der Waals surface area contributed by atoms with Gasteiger partial charge in [-0.25, -0.2) is 0 Å². The van der Waals surface area contributed by atoms with Crippen LogP contribution in [0.25, 0.3) is 0 Å². The van der Waals surface area contributed by atoms with Gasteiger partial charge in [-0.3, -0.25) is 9.59 Å². The van der Waals surface area contributed by atoms with Crippen LogP contribution in [0.1, 0.15) is 20.3 Å². The summed E-state index contributed by atoms with van der Waals surface area (Å²) in [7, 11) is 1.32. The Morgan fingerprint density at radius 2 is 2.12 bits per heavy atom. The molecule has 0 aromatic rings. The van der Waals surface area contributed by atoms with E-state index in [1.54, 1.807) is 6.92 Å². The van der Waals surface area contributed by atoms with Gasteiger partial charge in [0, 0.05) is 19.2 Å². The summed E-state index contributed by atoms with van der Waals surface area (Å²) in [6, 6.07) is 0. The van der Waals surface area contributed by atoms with E-state index in [-0.39, 0.29) is 12.5 Å². The maximum Gasteiger partial charge on any atom is 0.323 e. The molecule has 0 spiro atoms. The Morgan fingerprint density at radius 3 is 2.65 bits per heavy atom. The molecule has 1 unspecified atom stereocenters. The van der Waals surface area contributed by atoms with Crippen LogP contribution in [0.3, 0.4) is 0 Å². The smallest absolute Gasteiger partial charge is 0.323 e. The van der Waals surface area contributed by atoms with Crippen molar-refractivity contribution in [2.45, 2.75) is 25.0 Å². The minimum atomic E-state index is -0.931. The highest BCUT2D eigenvalue weighted by Gasteiger charge is 2.30. The molecule has 5 nitrogen and oxygen atoms in total. The summed E-state index contributed by atoms with van der Waals surface area (Å²) >= 11 is 5.41. The molecule has 0 bridgehead atoms. The number of thiol groups is 1. The fourth-order valence-electron chi connectivity index (χ4n) is 0.890. The van der Waals surface area contributed by atoms with Crippen molar-refractivity contribution >= 4 is 36.5 Å². The quantitative estimate of drug-likeness (QED) is 0.301. The number of methoxy groups -OCH3 is 1. The van der Waals surface area contributed by atoms with Gasteiger partial charge in [-0.1, -0.05) is 0 Å². The summed E-state index contributed by atoms with van der Waals surface area (Å²) in [4.78, 5) is 21.8. The number of rotatable bonds is 8. The molecule has 1 atom stereocenters. The zero-order chi connectivity index (χ0) is 13.3. The van der Waals surface area contributed by atoms with Gasteiger partial charge in [0.05, 0.1) is 13.7 Å². The Balaban J connectivity index is 3.51. The Labute approximate surface area is 112 Å². The first-order valence-electron chi connectivity index (χ1n) is 5.20. The van der Waals surface area contributed by atoms with Gasteiger partial charge in [0.2, 0.25) is 5.91 Å². The van der Waals surface area contributed by atoms with Crippen LogP contribution in [0.2, 0.25) is 0 Å². The van der Waals surface area contributed by atoms with E-state index in [0.29, 0.717) is 6.54 Å². The lowest BCUT2D eigenvalue weighted by molar-refractivity contribution is -0.143. The van der Waals surface area contributed by atoms with Crippen LogP contribution >= 0.6 is 24.7 Å². The maximum atomic E-state index is 11.2. The van der Waals surface area contributed by atoms with Crippen LogP contribution in [0, 0.1) is 0 Å². The average molecular weight is 281 g/mol. The third-order valence-corrected chi connectivity index (χ3v) is 2.88. The van der Waals surface area contributed by atoms with E-state index >= 15 is 0 Å². The normalized spacial score (nSPS) is 13.9. The van der Waals surface area contributed by atoms with Gasteiger partial charge in [0.1, 0.15) is 4.75 Å². The van der Waals surface area contributed by atoms with Crippen molar-refractivity contribution in [3.8, 4) is 0 Å². The topological polar surface area (TPSA) is 64.6 Å². The van der Waals surface area contributed by atoms with Crippen LogP contribution in [0.15, 0.2) is 0 Å². The molecule has 0 heterocycles. The van der Waals surface area contributed by atoms with E-state index in [0.717, 1.165) is 12.2 Å². The molecule has 0 aliphatic heterocycles. The second-order valence-corrected chi connectivity index (χ2v) is 5.55. The van der Waals surface area contributed by atoms with Crippen LogP contribution < -0.4 is 5.32 Å². The van der Waals surface area contributed by atoms with Crippen LogP contribution in [-0.2, 0) is 18.5 Å². The third-order valence-electron chi connectivity index (χ3n) is 1.83. The Hall–Kier alpha value is -0.400. The fraction of sp³-hybridized carbons (Fsp3) is 0.800. The van der Waals surface area contributed by atoms with Crippen LogP contribution in [0.5, 0.6) is 0 Å². The lowest BCUT2D eigenvalue weighted by Gasteiger charge is -2.19. The van der Waals surface area contributed by atoms with Crippen molar-refractivity contribution in [2.75, 3.05) is 26.0 Å². The van der Waals surface area contributed by atoms with Gasteiger partial charge in [-0.15, -0.1) is 0 Å². The van der Waals surface area contributed by atoms with Gasteiger partial charge in [-0.2, -0.15) is 12.6 Å². The molecule has 100 valence electrons. The first-order valence-corrected chi connectivity index (χ1v) is 6.55. The summed E-state index contributed by atoms with van der Waals surface area (Å²) in [6.07, 6.45) is 0.811. The first kappa shape index (κ1) is 16.6. The molecule has 0 radical (unpaired) electrons. The fourth-order valence-corrected chi connectivity index (χ4v) is 1.83. The van der Waals surface area contributed by atoms with Crippen molar-refractivity contribution in [1.82, 2.24) is 5.32 Å². The number of nitrogens with one attached hydrogen (secondary N) is 1. The predicted molar refractivity (Wildman–Crippen MR) is 71.1 cm³/mol. The van der Waals surface area contributed by atoms with Crippen molar-refractivity contribution in [2.24, 2.45) is 0 Å². The highest BCUT2D eigenvalue weighted by atomic mass is 32.2. The summed E-state index contributed by atoms with van der Waals surface area (Å²) in [5, 5.41) is 2.68. The summed E-state index contributed by atoms with van der Waals surface area (Å²) < 4.78 is 8.91. The van der Waals surface area contributed by atoms with Gasteiger partial charge < -0.3 is 14.2 Å². The average Bonchev–Trinajstić information content (AvgIpc) is 2.26. The highest BCUT2D eigenvalue weighted by Crippen LogP contribution is 2.19. The van der Waals surface area contributed by atoms with Crippen molar-refractivity contribution in [3.63, 3.8) is 0 Å². The van der Waals surface area contributed by atoms with E-state index in [2.05, 4.69) is 22.7 Å². The van der Waals surface area contributed by atoms with E-state index in [1.165, 1.54) is 26.1 Å². The number of hydrogen-bond donors (Lipinski definition) is 2. The lowest BCUT2D eigenvalue weighted by atomic mass is 10.2. The van der Waals surface area contributed by atoms with E-state index in [1.807, 2.05) is 0 Å². The standard InChI is InChI=1S/C10H19NO4S2/c1-8(12)11-5-4-6-17-15-7-10(2,16)9(13)14-3/h16H,4-7H2,1-3H3,(H,11,12). The van der Waals surface area contributed by atoms with Crippen molar-refractivity contribution in [3.05, 3.63) is 0 Å². The van der Waals surface area contributed by atoms with E-state index in [4.69, 9.17) is 4.18 Å². The Kier molecular flexibility index (Phi) is 8.45. The third kappa shape index (κ3) is 8.34. The molecule has 17 heavy (non-hydrogen) atoms. The second kappa shape index (κ2) is 8.66. The van der Waals surface area contributed by atoms with Gasteiger partial charge in [-0.05, 0) is 25.4 Å². The molecule has 0 aliphatic carbocycles. The zero-order valence-electron chi connectivity index (χ0n) is 10.3. The summed E-state index contributed by atoms with van der Waals surface area (Å²) in [5.41, 5.74) is 0. The minimum Gasteiger partial charge on any atom is -0.468 e. The van der Waals surface area contributed by atoms with Gasteiger partial charge in [0.15, 0.2) is 0 Å². The number of hydrogen-bond acceptors (Lipinski definition) is 6. The van der Waals surface area contributed by atoms with Gasteiger partial charge >= 0.3 is 5.97 Å². The van der Waals surface area contributed by atoms with Crippen molar-refractivity contribution < 1.29 is 18.5 Å². The molecule has 0 saturated carbocycles. The minimum absolute atomic E-state index is 0.0375. The molecular weight excluding hydrogens is 262 g/mol. The largest absolute Gasteiger partial charge is 0.468 e. The van der Waals surface area contributed by atoms with Crippen LogP contribution in [-0.4, -0.2) is 42.6 Å². The molecule has 0 fully saturated rings. The predicted octanol–water partition coefficient (Wildman–Crippen LogP) is 1.04. The molecule has 0 aromatic carbocycles. The molecule has 0 rings (SSSR count). The summed E-state index contributed by atoms with van der Waals surface area (Å²) in [5.74, 6) is 0.287. The SMILES string of the molecule is COC(=O)C(C)(S)COSCCCNC(C)=O. The molecule has 1 N–H and O–H groups in total. The van der Waals surface area contributed by atoms with E-state index < -0.39 is 10.7 Å². The first-order chi connectivity index (χ1) is 7.90. The zero-order valence-corrected chi connectivity index (χ0v) is 12.0. The number of ether oxygens (including phenoxy) is 1. The number of carbonyl (C=O) groups excluding carboxylic acids is 2. The molecule has 0 aliphatic rings. The maximum absolute atomic E-state index is 11.2. The molecule has 7 heteroatoms. The lowest BCUT2D eigenvalue weighted by Crippen LogP contribution is -2.34. The molecule has 0 aromatic heterocycles. The van der Waals surface area contributed by atoms with Gasteiger partial charge in [0.25, 0.3) is 0 Å². The molecular formula is C10H19NO4S2.